The fourth-order valence-corrected chi connectivity index (χ4v) is 2.65. The van der Waals surface area contributed by atoms with Gasteiger partial charge in [-0.2, -0.15) is 0 Å². The van der Waals surface area contributed by atoms with Crippen molar-refractivity contribution >= 4 is 17.3 Å². The molecule has 1 aliphatic carbocycles. The zero-order valence-corrected chi connectivity index (χ0v) is 10.3. The van der Waals surface area contributed by atoms with E-state index in [0.29, 0.717) is 6.04 Å². The second-order valence-electron chi connectivity index (χ2n) is 4.52. The average Bonchev–Trinajstić information content (AvgIpc) is 2.30. The lowest BCUT2D eigenvalue weighted by Gasteiger charge is -2.35. The molecule has 0 radical (unpaired) electrons. The van der Waals surface area contributed by atoms with E-state index < -0.39 is 0 Å². The maximum absolute atomic E-state index is 9.49. The number of nitrogens with zero attached hydrogens (tertiary/aromatic N) is 1. The summed E-state index contributed by atoms with van der Waals surface area (Å²) in [4.78, 5) is 2.24. The average molecular weight is 240 g/mol. The number of aliphatic hydroxyl groups is 1. The number of hydrogen-bond donors (Lipinski definition) is 1. The Morgan fingerprint density at radius 2 is 1.81 bits per heavy atom. The summed E-state index contributed by atoms with van der Waals surface area (Å²) in [6, 6.07) is 8.43. The van der Waals surface area contributed by atoms with Gasteiger partial charge in [0.25, 0.3) is 0 Å². The molecule has 1 saturated carbocycles. The van der Waals surface area contributed by atoms with Crippen LogP contribution in [0.25, 0.3) is 0 Å². The minimum Gasteiger partial charge on any atom is -0.393 e. The van der Waals surface area contributed by atoms with Crippen molar-refractivity contribution < 1.29 is 5.11 Å². The van der Waals surface area contributed by atoms with Gasteiger partial charge >= 0.3 is 0 Å². The summed E-state index contributed by atoms with van der Waals surface area (Å²) >= 11 is 6.18. The molecule has 0 bridgehead atoms. The van der Waals surface area contributed by atoms with E-state index in [0.717, 1.165) is 36.4 Å². The third-order valence-electron chi connectivity index (χ3n) is 3.45. The summed E-state index contributed by atoms with van der Waals surface area (Å²) in [7, 11) is 2.09. The molecule has 1 N–H and O–H groups in total. The smallest absolute Gasteiger partial charge is 0.0639 e. The molecule has 3 heteroatoms. The van der Waals surface area contributed by atoms with Crippen molar-refractivity contribution in [2.75, 3.05) is 11.9 Å². The van der Waals surface area contributed by atoms with Crippen molar-refractivity contribution in [1.29, 1.82) is 0 Å². The molecule has 88 valence electrons. The number of anilines is 1. The van der Waals surface area contributed by atoms with Crippen LogP contribution >= 0.6 is 11.6 Å². The molecule has 1 fully saturated rings. The van der Waals surface area contributed by atoms with E-state index in [1.54, 1.807) is 0 Å². The number of benzene rings is 1. The molecule has 0 spiro atoms. The van der Waals surface area contributed by atoms with Gasteiger partial charge in [-0.25, -0.2) is 0 Å². The van der Waals surface area contributed by atoms with E-state index in [1.165, 1.54) is 0 Å². The van der Waals surface area contributed by atoms with E-state index in [4.69, 9.17) is 11.6 Å². The molecule has 2 rings (SSSR count). The van der Waals surface area contributed by atoms with Crippen molar-refractivity contribution in [3.05, 3.63) is 29.3 Å². The van der Waals surface area contributed by atoms with Crippen LogP contribution in [0, 0.1) is 0 Å². The lowest BCUT2D eigenvalue weighted by Crippen LogP contribution is -2.36. The van der Waals surface area contributed by atoms with Crippen molar-refractivity contribution in [3.8, 4) is 0 Å². The predicted octanol–water partition coefficient (Wildman–Crippen LogP) is 3.08. The van der Waals surface area contributed by atoms with Gasteiger partial charge in [-0.05, 0) is 37.8 Å². The monoisotopic (exact) mass is 239 g/mol. The second kappa shape index (κ2) is 5.07. The fraction of sp³-hybridized carbons (Fsp3) is 0.538. The highest BCUT2D eigenvalue weighted by Crippen LogP contribution is 2.30. The normalized spacial score (nSPS) is 25.4. The molecule has 2 nitrogen and oxygen atoms in total. The Kier molecular flexibility index (Phi) is 3.72. The van der Waals surface area contributed by atoms with E-state index >= 15 is 0 Å². The first-order chi connectivity index (χ1) is 7.68. The summed E-state index contributed by atoms with van der Waals surface area (Å²) in [6.45, 7) is 0. The molecule has 1 aromatic carbocycles. The zero-order chi connectivity index (χ0) is 11.5. The predicted molar refractivity (Wildman–Crippen MR) is 68.1 cm³/mol. The summed E-state index contributed by atoms with van der Waals surface area (Å²) in [5.74, 6) is 0. The van der Waals surface area contributed by atoms with Gasteiger partial charge < -0.3 is 10.0 Å². The lowest BCUT2D eigenvalue weighted by atomic mass is 9.92. The van der Waals surface area contributed by atoms with Crippen LogP contribution in [0.5, 0.6) is 0 Å². The standard InChI is InChI=1S/C13H18ClNO/c1-15(10-6-8-11(16)9-7-10)13-5-3-2-4-12(13)14/h2-5,10-11,16H,6-9H2,1H3. The first-order valence-electron chi connectivity index (χ1n) is 5.84. The van der Waals surface area contributed by atoms with E-state index in [1.807, 2.05) is 24.3 Å². The molecule has 0 aromatic heterocycles. The highest BCUT2D eigenvalue weighted by Gasteiger charge is 2.23. The topological polar surface area (TPSA) is 23.5 Å². The van der Waals surface area contributed by atoms with Crippen molar-refractivity contribution in [2.45, 2.75) is 37.8 Å². The van der Waals surface area contributed by atoms with Crippen molar-refractivity contribution in [1.82, 2.24) is 0 Å². The molecule has 0 aliphatic heterocycles. The third-order valence-corrected chi connectivity index (χ3v) is 3.77. The molecule has 1 aliphatic rings. The van der Waals surface area contributed by atoms with E-state index in [9.17, 15) is 5.11 Å². The Hall–Kier alpha value is -0.730. The molecule has 1 aromatic rings. The molecule has 0 heterocycles. The summed E-state index contributed by atoms with van der Waals surface area (Å²) < 4.78 is 0. The Balaban J connectivity index is 2.07. The molecule has 0 atom stereocenters. The number of aliphatic hydroxyl groups excluding tert-OH is 1. The Labute approximate surface area is 102 Å². The van der Waals surface area contributed by atoms with Gasteiger partial charge in [-0.15, -0.1) is 0 Å². The van der Waals surface area contributed by atoms with Crippen LogP contribution in [0.1, 0.15) is 25.7 Å². The lowest BCUT2D eigenvalue weighted by molar-refractivity contribution is 0.122. The highest BCUT2D eigenvalue weighted by atomic mass is 35.5. The van der Waals surface area contributed by atoms with E-state index in [-0.39, 0.29) is 6.10 Å². The summed E-state index contributed by atoms with van der Waals surface area (Å²) in [5, 5.41) is 10.3. The first kappa shape index (κ1) is 11.7. The minimum atomic E-state index is -0.101. The van der Waals surface area contributed by atoms with Gasteiger partial charge in [0.15, 0.2) is 0 Å². The first-order valence-corrected chi connectivity index (χ1v) is 6.21. The molecule has 0 amide bonds. The van der Waals surface area contributed by atoms with Crippen LogP contribution in [-0.4, -0.2) is 24.3 Å². The van der Waals surface area contributed by atoms with Crippen molar-refractivity contribution in [3.63, 3.8) is 0 Å². The van der Waals surface area contributed by atoms with Gasteiger partial charge in [0.05, 0.1) is 16.8 Å². The number of halogens is 1. The maximum Gasteiger partial charge on any atom is 0.0639 e. The minimum absolute atomic E-state index is 0.101. The van der Waals surface area contributed by atoms with Crippen LogP contribution in [0.15, 0.2) is 24.3 Å². The molecule has 0 saturated heterocycles. The Morgan fingerprint density at radius 1 is 1.19 bits per heavy atom. The quantitative estimate of drug-likeness (QED) is 0.858. The van der Waals surface area contributed by atoms with Crippen LogP contribution in [0.4, 0.5) is 5.69 Å². The van der Waals surface area contributed by atoms with Gasteiger partial charge in [-0.3, -0.25) is 0 Å². The summed E-state index contributed by atoms with van der Waals surface area (Å²) in [5.41, 5.74) is 1.09. The maximum atomic E-state index is 9.49. The van der Waals surface area contributed by atoms with Crippen LogP contribution in [-0.2, 0) is 0 Å². The van der Waals surface area contributed by atoms with Gasteiger partial charge in [0.2, 0.25) is 0 Å². The Morgan fingerprint density at radius 3 is 2.44 bits per heavy atom. The van der Waals surface area contributed by atoms with Crippen LogP contribution in [0.2, 0.25) is 5.02 Å². The third kappa shape index (κ3) is 2.50. The van der Waals surface area contributed by atoms with Gasteiger partial charge in [-0.1, -0.05) is 23.7 Å². The number of rotatable bonds is 2. The van der Waals surface area contributed by atoms with Gasteiger partial charge in [0, 0.05) is 13.1 Å². The molecule has 16 heavy (non-hydrogen) atoms. The molecule has 0 unspecified atom stereocenters. The fourth-order valence-electron chi connectivity index (χ4n) is 2.38. The SMILES string of the molecule is CN(c1ccccc1Cl)C1CCC(O)CC1. The van der Waals surface area contributed by atoms with Crippen molar-refractivity contribution in [2.24, 2.45) is 0 Å². The highest BCUT2D eigenvalue weighted by molar-refractivity contribution is 6.33. The second-order valence-corrected chi connectivity index (χ2v) is 4.93. The molecular formula is C13H18ClNO. The Bertz CT molecular complexity index is 348. The van der Waals surface area contributed by atoms with Crippen LogP contribution < -0.4 is 4.90 Å². The van der Waals surface area contributed by atoms with Gasteiger partial charge in [0.1, 0.15) is 0 Å². The molecular weight excluding hydrogens is 222 g/mol. The van der Waals surface area contributed by atoms with E-state index in [2.05, 4.69) is 11.9 Å². The summed E-state index contributed by atoms with van der Waals surface area (Å²) in [6.07, 6.45) is 3.79. The largest absolute Gasteiger partial charge is 0.393 e. The number of hydrogen-bond acceptors (Lipinski definition) is 2. The zero-order valence-electron chi connectivity index (χ0n) is 9.56. The number of para-hydroxylation sites is 1. The van der Waals surface area contributed by atoms with Crippen LogP contribution in [0.3, 0.4) is 0 Å².